The molecule has 7 heteroatoms. The second-order valence-electron chi connectivity index (χ2n) is 11.0. The molecule has 2 aliphatic rings. The molecule has 1 heterocycles. The minimum atomic E-state index is -0.572. The highest BCUT2D eigenvalue weighted by Crippen LogP contribution is 2.40. The number of hydrogen-bond acceptors (Lipinski definition) is 7. The number of carbonyl (C=O) groups is 1. The number of esters is 1. The van der Waals surface area contributed by atoms with Gasteiger partial charge in [0, 0.05) is 13.5 Å². The number of rotatable bonds is 12. The van der Waals surface area contributed by atoms with Crippen LogP contribution in [0.2, 0.25) is 0 Å². The lowest BCUT2D eigenvalue weighted by Crippen LogP contribution is -2.34. The second kappa shape index (κ2) is 14.4. The molecule has 5 rings (SSSR count). The van der Waals surface area contributed by atoms with Gasteiger partial charge in [0.15, 0.2) is 11.5 Å². The first kappa shape index (κ1) is 29.7. The van der Waals surface area contributed by atoms with Gasteiger partial charge in [0.05, 0.1) is 0 Å². The number of carbonyl (C=O) groups excluding carboxylic acids is 1. The molecule has 3 aromatic rings. The second-order valence-corrected chi connectivity index (χ2v) is 11.0. The van der Waals surface area contributed by atoms with Crippen LogP contribution in [0.25, 0.3) is 11.1 Å². The summed E-state index contributed by atoms with van der Waals surface area (Å²) < 4.78 is 22.4. The molecule has 7 nitrogen and oxygen atoms in total. The Morgan fingerprint density at radius 3 is 2.21 bits per heavy atom. The van der Waals surface area contributed by atoms with E-state index in [0.717, 1.165) is 58.2 Å². The van der Waals surface area contributed by atoms with Crippen molar-refractivity contribution in [1.29, 1.82) is 0 Å². The first-order valence-corrected chi connectivity index (χ1v) is 15.0. The highest BCUT2D eigenvalue weighted by Gasteiger charge is 2.19. The lowest BCUT2D eigenvalue weighted by atomic mass is 9.88. The molecule has 1 aliphatic carbocycles. The number of ether oxygens (including phenoxy) is 4. The Balaban J connectivity index is 1.33. The van der Waals surface area contributed by atoms with Crippen LogP contribution in [0.1, 0.15) is 69.1 Å². The molecule has 0 bridgehead atoms. The highest BCUT2D eigenvalue weighted by molar-refractivity contribution is 5.99. The van der Waals surface area contributed by atoms with Crippen molar-refractivity contribution >= 4 is 17.1 Å². The van der Waals surface area contributed by atoms with E-state index in [4.69, 9.17) is 18.9 Å². The van der Waals surface area contributed by atoms with Crippen LogP contribution in [0, 0.1) is 5.92 Å². The van der Waals surface area contributed by atoms with Crippen molar-refractivity contribution < 1.29 is 28.8 Å². The summed E-state index contributed by atoms with van der Waals surface area (Å²) in [5.41, 5.74) is 5.26. The lowest BCUT2D eigenvalue weighted by molar-refractivity contribution is -0.131. The fourth-order valence-electron chi connectivity index (χ4n) is 5.79. The standard InChI is InChI=1S/C35H41NO6/c1-3-32(28-13-18-33-34(19-28)41-23-40-33)35(27-11-16-31(17-12-27)42-24(2)37)26-9-14-30(15-10-26)39-22-29(38)21-36-20-25-7-5-4-6-8-25/h9-19,25,29,36,38H,3-8,20-23H2,1-2H3/b35-32+. The van der Waals surface area contributed by atoms with Gasteiger partial charge in [-0.15, -0.1) is 0 Å². The SMILES string of the molecule is CC/C(=C(/c1ccc(OCC(O)CNCC2CCCCC2)cc1)c1ccc(OC(C)=O)cc1)c1ccc2c(c1)OCO2. The zero-order valence-electron chi connectivity index (χ0n) is 24.6. The summed E-state index contributed by atoms with van der Waals surface area (Å²) in [4.78, 5) is 11.4. The molecule has 1 atom stereocenters. The van der Waals surface area contributed by atoms with Crippen molar-refractivity contribution in [2.24, 2.45) is 5.92 Å². The number of fused-ring (bicyclic) bond motifs is 1. The largest absolute Gasteiger partial charge is 0.491 e. The smallest absolute Gasteiger partial charge is 0.308 e. The van der Waals surface area contributed by atoms with Gasteiger partial charge in [-0.05, 0) is 96.0 Å². The molecular weight excluding hydrogens is 530 g/mol. The maximum Gasteiger partial charge on any atom is 0.308 e. The summed E-state index contributed by atoms with van der Waals surface area (Å²) in [5.74, 6) is 3.06. The van der Waals surface area contributed by atoms with Gasteiger partial charge in [-0.25, -0.2) is 0 Å². The van der Waals surface area contributed by atoms with Crippen molar-refractivity contribution in [3.05, 3.63) is 83.4 Å². The molecule has 0 radical (unpaired) electrons. The summed E-state index contributed by atoms with van der Waals surface area (Å²) >= 11 is 0. The predicted octanol–water partition coefficient (Wildman–Crippen LogP) is 6.62. The van der Waals surface area contributed by atoms with Gasteiger partial charge in [0.25, 0.3) is 0 Å². The monoisotopic (exact) mass is 571 g/mol. The first-order valence-electron chi connectivity index (χ1n) is 15.0. The average Bonchev–Trinajstić information content (AvgIpc) is 3.48. The molecule has 3 aromatic carbocycles. The Morgan fingerprint density at radius 2 is 1.55 bits per heavy atom. The van der Waals surface area contributed by atoms with Crippen LogP contribution in [-0.2, 0) is 4.79 Å². The summed E-state index contributed by atoms with van der Waals surface area (Å²) in [5, 5.41) is 13.9. The van der Waals surface area contributed by atoms with Crippen LogP contribution in [-0.4, -0.2) is 43.7 Å². The molecule has 1 fully saturated rings. The van der Waals surface area contributed by atoms with Crippen LogP contribution < -0.4 is 24.3 Å². The molecule has 2 N–H and O–H groups in total. The Labute approximate surface area is 248 Å². The fraction of sp³-hybridized carbons (Fsp3) is 0.400. The predicted molar refractivity (Wildman–Crippen MR) is 164 cm³/mol. The molecule has 0 aromatic heterocycles. The third-order valence-corrected chi connectivity index (χ3v) is 7.90. The van der Waals surface area contributed by atoms with Crippen LogP contribution in [0.15, 0.2) is 66.7 Å². The number of hydrogen-bond donors (Lipinski definition) is 2. The van der Waals surface area contributed by atoms with Gasteiger partial charge in [0.1, 0.15) is 24.2 Å². The maximum atomic E-state index is 11.4. The Kier molecular flexibility index (Phi) is 10.2. The van der Waals surface area contributed by atoms with E-state index >= 15 is 0 Å². The van der Waals surface area contributed by atoms with Gasteiger partial charge >= 0.3 is 5.97 Å². The summed E-state index contributed by atoms with van der Waals surface area (Å²) in [6.07, 6.45) is 6.77. The van der Waals surface area contributed by atoms with E-state index in [1.165, 1.54) is 39.0 Å². The number of allylic oxidation sites excluding steroid dienone is 1. The van der Waals surface area contributed by atoms with Gasteiger partial charge in [-0.1, -0.05) is 56.5 Å². The van der Waals surface area contributed by atoms with E-state index < -0.39 is 6.10 Å². The van der Waals surface area contributed by atoms with Crippen molar-refractivity contribution in [2.75, 3.05) is 26.5 Å². The summed E-state index contributed by atoms with van der Waals surface area (Å²) in [6, 6.07) is 21.6. The van der Waals surface area contributed by atoms with E-state index in [9.17, 15) is 9.90 Å². The van der Waals surface area contributed by atoms with Crippen molar-refractivity contribution in [1.82, 2.24) is 5.32 Å². The molecular formula is C35H41NO6. The van der Waals surface area contributed by atoms with Gasteiger partial charge in [0.2, 0.25) is 6.79 Å². The van der Waals surface area contributed by atoms with Crippen LogP contribution in [0.5, 0.6) is 23.0 Å². The lowest BCUT2D eigenvalue weighted by Gasteiger charge is -2.22. The molecule has 42 heavy (non-hydrogen) atoms. The third-order valence-electron chi connectivity index (χ3n) is 7.90. The molecule has 0 spiro atoms. The van der Waals surface area contributed by atoms with E-state index in [-0.39, 0.29) is 19.4 Å². The van der Waals surface area contributed by atoms with Gasteiger partial charge in [-0.3, -0.25) is 4.79 Å². The van der Waals surface area contributed by atoms with E-state index in [1.54, 1.807) is 0 Å². The molecule has 1 saturated carbocycles. The third kappa shape index (κ3) is 7.72. The van der Waals surface area contributed by atoms with Crippen LogP contribution in [0.3, 0.4) is 0 Å². The number of aliphatic hydroxyl groups excluding tert-OH is 1. The minimum absolute atomic E-state index is 0.223. The summed E-state index contributed by atoms with van der Waals surface area (Å²) in [6.45, 7) is 5.47. The zero-order chi connectivity index (χ0) is 29.3. The quantitative estimate of drug-likeness (QED) is 0.144. The van der Waals surface area contributed by atoms with Crippen molar-refractivity contribution in [2.45, 2.75) is 58.5 Å². The Morgan fingerprint density at radius 1 is 0.905 bits per heavy atom. The first-order chi connectivity index (χ1) is 20.5. The normalized spacial score (nSPS) is 16.1. The summed E-state index contributed by atoms with van der Waals surface area (Å²) in [7, 11) is 0. The van der Waals surface area contributed by atoms with Gasteiger partial charge < -0.3 is 29.4 Å². The van der Waals surface area contributed by atoms with Crippen LogP contribution in [0.4, 0.5) is 0 Å². The molecule has 1 aliphatic heterocycles. The molecule has 0 saturated heterocycles. The average molecular weight is 572 g/mol. The topological polar surface area (TPSA) is 86.2 Å². The molecule has 1 unspecified atom stereocenters. The zero-order valence-corrected chi connectivity index (χ0v) is 24.6. The molecule has 222 valence electrons. The fourth-order valence-corrected chi connectivity index (χ4v) is 5.79. The number of nitrogens with one attached hydrogen (secondary N) is 1. The highest BCUT2D eigenvalue weighted by atomic mass is 16.7. The minimum Gasteiger partial charge on any atom is -0.491 e. The number of aliphatic hydroxyl groups is 1. The van der Waals surface area contributed by atoms with Crippen LogP contribution >= 0.6 is 0 Å². The van der Waals surface area contributed by atoms with E-state index in [2.05, 4.69) is 18.3 Å². The van der Waals surface area contributed by atoms with E-state index in [0.29, 0.717) is 18.0 Å². The number of benzene rings is 3. The van der Waals surface area contributed by atoms with Gasteiger partial charge in [-0.2, -0.15) is 0 Å². The Hall–Kier alpha value is -3.81. The van der Waals surface area contributed by atoms with Crippen molar-refractivity contribution in [3.63, 3.8) is 0 Å². The van der Waals surface area contributed by atoms with E-state index in [1.807, 2.05) is 60.7 Å². The Bertz CT molecular complexity index is 1360. The maximum absolute atomic E-state index is 11.4. The van der Waals surface area contributed by atoms with Crippen molar-refractivity contribution in [3.8, 4) is 23.0 Å². The molecule has 0 amide bonds.